The van der Waals surface area contributed by atoms with Crippen molar-refractivity contribution in [1.29, 1.82) is 0 Å². The number of likely N-dealkylation sites (tertiary alicyclic amines) is 1. The lowest BCUT2D eigenvalue weighted by atomic mass is 9.72. The van der Waals surface area contributed by atoms with E-state index < -0.39 is 5.60 Å². The van der Waals surface area contributed by atoms with E-state index in [9.17, 15) is 9.90 Å². The second kappa shape index (κ2) is 12.5. The van der Waals surface area contributed by atoms with Crippen molar-refractivity contribution in [3.8, 4) is 0 Å². The Morgan fingerprint density at radius 3 is 1.94 bits per heavy atom. The first-order valence-corrected chi connectivity index (χ1v) is 13.6. The Kier molecular flexibility index (Phi) is 9.12. The fourth-order valence-corrected chi connectivity index (χ4v) is 5.66. The van der Waals surface area contributed by atoms with Gasteiger partial charge in [0.2, 0.25) is 0 Å². The average Bonchev–Trinajstić information content (AvgIpc) is 2.92. The fourth-order valence-electron chi connectivity index (χ4n) is 5.66. The van der Waals surface area contributed by atoms with Crippen LogP contribution in [-0.2, 0) is 12.0 Å². The third kappa shape index (κ3) is 6.52. The van der Waals surface area contributed by atoms with Gasteiger partial charge in [-0.1, -0.05) is 98.8 Å². The molecule has 1 fully saturated rings. The number of unbranched alkanes of at least 4 members (excludes halogenated alkanes) is 1. The standard InChI is InChI=1S/C33H41NO2/c1-26(2)25-27-16-18-28(19-17-27)32(35)15-9-10-22-34-23-20-31(21-24-34)33(36,29-11-5-3-6-12-29)30-13-7-4-8-14-30/h3-8,11-14,16-19,26,31,36H,9-10,15,20-25H2,1-2H3. The topological polar surface area (TPSA) is 40.5 Å². The van der Waals surface area contributed by atoms with Gasteiger partial charge in [0, 0.05) is 12.0 Å². The van der Waals surface area contributed by atoms with E-state index >= 15 is 0 Å². The van der Waals surface area contributed by atoms with Gasteiger partial charge in [-0.05, 0) is 80.3 Å². The Balaban J connectivity index is 1.26. The van der Waals surface area contributed by atoms with Crippen molar-refractivity contribution < 1.29 is 9.90 Å². The van der Waals surface area contributed by atoms with Gasteiger partial charge < -0.3 is 10.0 Å². The number of ketones is 1. The van der Waals surface area contributed by atoms with Crippen LogP contribution in [0.15, 0.2) is 84.9 Å². The Morgan fingerprint density at radius 2 is 1.42 bits per heavy atom. The van der Waals surface area contributed by atoms with Crippen molar-refractivity contribution in [2.75, 3.05) is 19.6 Å². The molecule has 0 aliphatic carbocycles. The minimum Gasteiger partial charge on any atom is -0.380 e. The highest BCUT2D eigenvalue weighted by molar-refractivity contribution is 5.96. The summed E-state index contributed by atoms with van der Waals surface area (Å²) >= 11 is 0. The second-order valence-corrected chi connectivity index (χ2v) is 10.8. The first-order chi connectivity index (χ1) is 17.5. The van der Waals surface area contributed by atoms with E-state index in [-0.39, 0.29) is 11.7 Å². The minimum atomic E-state index is -0.967. The molecule has 0 radical (unpaired) electrons. The minimum absolute atomic E-state index is 0.179. The lowest BCUT2D eigenvalue weighted by Crippen LogP contribution is -2.44. The summed E-state index contributed by atoms with van der Waals surface area (Å²) in [5, 5.41) is 12.1. The number of carbonyl (C=O) groups is 1. The zero-order valence-electron chi connectivity index (χ0n) is 21.9. The molecule has 1 heterocycles. The van der Waals surface area contributed by atoms with Gasteiger partial charge in [-0.15, -0.1) is 0 Å². The van der Waals surface area contributed by atoms with E-state index in [2.05, 4.69) is 30.9 Å². The van der Waals surface area contributed by atoms with Gasteiger partial charge in [0.25, 0.3) is 0 Å². The van der Waals surface area contributed by atoms with Crippen molar-refractivity contribution in [1.82, 2.24) is 4.90 Å². The summed E-state index contributed by atoms with van der Waals surface area (Å²) in [5.74, 6) is 1.06. The van der Waals surface area contributed by atoms with E-state index in [1.807, 2.05) is 72.8 Å². The number of hydrogen-bond acceptors (Lipinski definition) is 3. The third-order valence-corrected chi connectivity index (χ3v) is 7.65. The highest BCUT2D eigenvalue weighted by atomic mass is 16.3. The Labute approximate surface area is 217 Å². The molecule has 0 saturated carbocycles. The molecule has 1 N–H and O–H groups in total. The Morgan fingerprint density at radius 1 is 0.861 bits per heavy atom. The first-order valence-electron chi connectivity index (χ1n) is 13.6. The molecule has 0 aromatic heterocycles. The zero-order chi connectivity index (χ0) is 25.4. The maximum Gasteiger partial charge on any atom is 0.162 e. The summed E-state index contributed by atoms with van der Waals surface area (Å²) in [6.45, 7) is 7.42. The molecular weight excluding hydrogens is 442 g/mol. The summed E-state index contributed by atoms with van der Waals surface area (Å²) in [6.07, 6.45) is 5.54. The predicted octanol–water partition coefficient (Wildman–Crippen LogP) is 6.89. The molecule has 4 rings (SSSR count). The van der Waals surface area contributed by atoms with Crippen LogP contribution >= 0.6 is 0 Å². The van der Waals surface area contributed by atoms with E-state index in [0.29, 0.717) is 12.3 Å². The van der Waals surface area contributed by atoms with Crippen LogP contribution in [0.3, 0.4) is 0 Å². The number of carbonyl (C=O) groups excluding carboxylic acids is 1. The molecule has 36 heavy (non-hydrogen) atoms. The van der Waals surface area contributed by atoms with Crippen molar-refractivity contribution in [3.05, 3.63) is 107 Å². The molecule has 1 aliphatic rings. The molecule has 0 atom stereocenters. The summed E-state index contributed by atoms with van der Waals surface area (Å²) < 4.78 is 0. The number of hydrogen-bond donors (Lipinski definition) is 1. The van der Waals surface area contributed by atoms with Gasteiger partial charge in [0.1, 0.15) is 5.60 Å². The molecule has 0 unspecified atom stereocenters. The van der Waals surface area contributed by atoms with Crippen LogP contribution in [0, 0.1) is 11.8 Å². The maximum absolute atomic E-state index is 12.6. The predicted molar refractivity (Wildman–Crippen MR) is 148 cm³/mol. The van der Waals surface area contributed by atoms with Crippen LogP contribution in [0.2, 0.25) is 0 Å². The van der Waals surface area contributed by atoms with Gasteiger partial charge in [-0.25, -0.2) is 0 Å². The maximum atomic E-state index is 12.6. The molecule has 3 aromatic rings. The van der Waals surface area contributed by atoms with Crippen LogP contribution < -0.4 is 0 Å². The number of benzene rings is 3. The molecule has 0 spiro atoms. The molecule has 0 bridgehead atoms. The zero-order valence-corrected chi connectivity index (χ0v) is 21.9. The number of nitrogens with zero attached hydrogens (tertiary/aromatic N) is 1. The molecule has 3 nitrogen and oxygen atoms in total. The van der Waals surface area contributed by atoms with Crippen molar-refractivity contribution in [3.63, 3.8) is 0 Å². The third-order valence-electron chi connectivity index (χ3n) is 7.65. The number of aliphatic hydroxyl groups is 1. The van der Waals surface area contributed by atoms with Gasteiger partial charge in [0.05, 0.1) is 0 Å². The van der Waals surface area contributed by atoms with E-state index in [1.54, 1.807) is 0 Å². The number of piperidine rings is 1. The lowest BCUT2D eigenvalue weighted by molar-refractivity contribution is -0.0143. The number of rotatable bonds is 11. The molecule has 3 heteroatoms. The van der Waals surface area contributed by atoms with Crippen LogP contribution in [0.4, 0.5) is 0 Å². The largest absolute Gasteiger partial charge is 0.380 e. The van der Waals surface area contributed by atoms with Crippen LogP contribution in [0.5, 0.6) is 0 Å². The monoisotopic (exact) mass is 483 g/mol. The SMILES string of the molecule is CC(C)Cc1ccc(C(=O)CCCCN2CCC(C(O)(c3ccccc3)c3ccccc3)CC2)cc1. The van der Waals surface area contributed by atoms with Crippen molar-refractivity contribution in [2.24, 2.45) is 11.8 Å². The lowest BCUT2D eigenvalue weighted by Gasteiger charge is -2.42. The number of Topliss-reactive ketones (excluding diaryl/α,β-unsaturated/α-hetero) is 1. The Bertz CT molecular complexity index is 1030. The summed E-state index contributed by atoms with van der Waals surface area (Å²) in [4.78, 5) is 15.1. The van der Waals surface area contributed by atoms with Crippen molar-refractivity contribution >= 4 is 5.78 Å². The molecule has 3 aromatic carbocycles. The van der Waals surface area contributed by atoms with E-state index in [1.165, 1.54) is 5.56 Å². The average molecular weight is 484 g/mol. The summed E-state index contributed by atoms with van der Waals surface area (Å²) in [5.41, 5.74) is 3.13. The quantitative estimate of drug-likeness (QED) is 0.239. The van der Waals surface area contributed by atoms with Gasteiger partial charge in [-0.3, -0.25) is 4.79 Å². The normalized spacial score (nSPS) is 15.3. The smallest absolute Gasteiger partial charge is 0.162 e. The van der Waals surface area contributed by atoms with Gasteiger partial charge in [0.15, 0.2) is 5.78 Å². The van der Waals surface area contributed by atoms with Gasteiger partial charge in [-0.2, -0.15) is 0 Å². The van der Waals surface area contributed by atoms with Crippen LogP contribution in [-0.4, -0.2) is 35.4 Å². The molecule has 190 valence electrons. The summed E-state index contributed by atoms with van der Waals surface area (Å²) in [6, 6.07) is 28.4. The molecular formula is C33H41NO2. The van der Waals surface area contributed by atoms with E-state index in [4.69, 9.17) is 0 Å². The summed E-state index contributed by atoms with van der Waals surface area (Å²) in [7, 11) is 0. The van der Waals surface area contributed by atoms with Crippen molar-refractivity contribution in [2.45, 2.75) is 58.0 Å². The Hall–Kier alpha value is -2.75. The second-order valence-electron chi connectivity index (χ2n) is 10.8. The van der Waals surface area contributed by atoms with E-state index in [0.717, 1.165) is 68.4 Å². The highest BCUT2D eigenvalue weighted by Gasteiger charge is 2.41. The molecule has 0 amide bonds. The highest BCUT2D eigenvalue weighted by Crippen LogP contribution is 2.41. The van der Waals surface area contributed by atoms with Gasteiger partial charge >= 0.3 is 0 Å². The fraction of sp³-hybridized carbons (Fsp3) is 0.424. The van der Waals surface area contributed by atoms with Crippen LogP contribution in [0.25, 0.3) is 0 Å². The first kappa shape index (κ1) is 26.3. The van der Waals surface area contributed by atoms with Crippen LogP contribution in [0.1, 0.15) is 73.0 Å². The molecule has 1 saturated heterocycles. The molecule has 1 aliphatic heterocycles.